The molecule has 0 aliphatic rings. The van der Waals surface area contributed by atoms with Crippen molar-refractivity contribution >= 4 is 11.0 Å². The molecule has 0 spiro atoms. The van der Waals surface area contributed by atoms with E-state index in [-0.39, 0.29) is 26.4 Å². The standard InChI is InChI=1S/C24H24N2O4/c27-13-15-29-20-9-5-18(6-10-20)17-26-23-4-2-1-3-22(23)25-24(26)19-7-11-21(12-8-19)30-16-14-28/h1-12,27-28H,13-17H2. The number of imidazole rings is 1. The predicted molar refractivity (Wildman–Crippen MR) is 116 cm³/mol. The van der Waals surface area contributed by atoms with E-state index in [4.69, 9.17) is 24.7 Å². The average molecular weight is 404 g/mol. The fourth-order valence-electron chi connectivity index (χ4n) is 3.36. The second-order valence-electron chi connectivity index (χ2n) is 6.82. The van der Waals surface area contributed by atoms with Crippen LogP contribution in [0.15, 0.2) is 72.8 Å². The molecule has 0 fully saturated rings. The number of rotatable bonds is 9. The topological polar surface area (TPSA) is 76.7 Å². The zero-order valence-electron chi connectivity index (χ0n) is 16.6. The van der Waals surface area contributed by atoms with Crippen molar-refractivity contribution in [3.05, 3.63) is 78.4 Å². The molecule has 0 amide bonds. The molecule has 30 heavy (non-hydrogen) atoms. The Hall–Kier alpha value is -3.35. The van der Waals surface area contributed by atoms with Crippen LogP contribution in [0.3, 0.4) is 0 Å². The Morgan fingerprint density at radius 1 is 0.733 bits per heavy atom. The second-order valence-corrected chi connectivity index (χ2v) is 6.82. The third kappa shape index (κ3) is 4.45. The van der Waals surface area contributed by atoms with E-state index in [2.05, 4.69) is 10.6 Å². The van der Waals surface area contributed by atoms with Crippen molar-refractivity contribution in [3.63, 3.8) is 0 Å². The number of nitrogens with zero attached hydrogens (tertiary/aromatic N) is 2. The molecule has 1 heterocycles. The van der Waals surface area contributed by atoms with Gasteiger partial charge in [-0.2, -0.15) is 0 Å². The second kappa shape index (κ2) is 9.43. The number of aliphatic hydroxyl groups is 2. The van der Waals surface area contributed by atoms with Crippen LogP contribution in [0.5, 0.6) is 11.5 Å². The average Bonchev–Trinajstić information content (AvgIpc) is 3.16. The summed E-state index contributed by atoms with van der Waals surface area (Å²) in [5.74, 6) is 2.33. The molecule has 0 bridgehead atoms. The Morgan fingerprint density at radius 3 is 1.97 bits per heavy atom. The van der Waals surface area contributed by atoms with Gasteiger partial charge in [0.05, 0.1) is 24.2 Å². The number of fused-ring (bicyclic) bond motifs is 1. The Morgan fingerprint density at radius 2 is 1.33 bits per heavy atom. The van der Waals surface area contributed by atoms with Gasteiger partial charge in [0.15, 0.2) is 0 Å². The largest absolute Gasteiger partial charge is 0.491 e. The normalized spacial score (nSPS) is 11.0. The number of hydrogen-bond acceptors (Lipinski definition) is 5. The zero-order chi connectivity index (χ0) is 20.8. The number of aliphatic hydroxyl groups excluding tert-OH is 2. The fraction of sp³-hybridized carbons (Fsp3) is 0.208. The molecule has 154 valence electrons. The lowest BCUT2D eigenvalue weighted by molar-refractivity contribution is 0.201. The van der Waals surface area contributed by atoms with E-state index in [0.717, 1.165) is 33.7 Å². The van der Waals surface area contributed by atoms with Crippen LogP contribution < -0.4 is 9.47 Å². The van der Waals surface area contributed by atoms with Crippen molar-refractivity contribution in [2.24, 2.45) is 0 Å². The first-order valence-corrected chi connectivity index (χ1v) is 9.90. The van der Waals surface area contributed by atoms with Gasteiger partial charge in [-0.25, -0.2) is 4.98 Å². The monoisotopic (exact) mass is 404 g/mol. The molecular formula is C24H24N2O4. The zero-order valence-corrected chi connectivity index (χ0v) is 16.6. The first-order valence-electron chi connectivity index (χ1n) is 9.90. The van der Waals surface area contributed by atoms with E-state index in [1.165, 1.54) is 0 Å². The van der Waals surface area contributed by atoms with E-state index in [0.29, 0.717) is 12.3 Å². The first-order chi connectivity index (χ1) is 14.8. The van der Waals surface area contributed by atoms with Crippen LogP contribution in [0.4, 0.5) is 0 Å². The molecule has 6 heteroatoms. The molecule has 2 N–H and O–H groups in total. The van der Waals surface area contributed by atoms with Crippen LogP contribution in [-0.4, -0.2) is 46.2 Å². The summed E-state index contributed by atoms with van der Waals surface area (Å²) in [5, 5.41) is 17.8. The molecule has 4 rings (SSSR count). The van der Waals surface area contributed by atoms with Gasteiger partial charge in [0, 0.05) is 12.1 Å². The number of benzene rings is 3. The van der Waals surface area contributed by atoms with E-state index >= 15 is 0 Å². The Bertz CT molecular complexity index is 1090. The summed E-state index contributed by atoms with van der Waals surface area (Å²) in [6.07, 6.45) is 0. The molecule has 3 aromatic carbocycles. The molecule has 0 aliphatic carbocycles. The van der Waals surface area contributed by atoms with E-state index in [1.807, 2.05) is 66.7 Å². The van der Waals surface area contributed by atoms with Gasteiger partial charge < -0.3 is 24.3 Å². The molecule has 0 unspecified atom stereocenters. The van der Waals surface area contributed by atoms with Gasteiger partial charge in [0.1, 0.15) is 30.5 Å². The number of ether oxygens (including phenoxy) is 2. The van der Waals surface area contributed by atoms with Gasteiger partial charge in [-0.15, -0.1) is 0 Å². The first kappa shape index (κ1) is 19.9. The highest BCUT2D eigenvalue weighted by Crippen LogP contribution is 2.27. The van der Waals surface area contributed by atoms with Crippen LogP contribution in [0.25, 0.3) is 22.4 Å². The smallest absolute Gasteiger partial charge is 0.141 e. The maximum atomic E-state index is 8.92. The minimum absolute atomic E-state index is 0.00400. The van der Waals surface area contributed by atoms with Crippen molar-refractivity contribution in [2.75, 3.05) is 26.4 Å². The molecule has 0 atom stereocenters. The summed E-state index contributed by atoms with van der Waals surface area (Å²) in [7, 11) is 0. The Balaban J connectivity index is 1.65. The Kier molecular flexibility index (Phi) is 6.27. The van der Waals surface area contributed by atoms with Gasteiger partial charge in [0.2, 0.25) is 0 Å². The predicted octanol–water partition coefficient (Wildman–Crippen LogP) is 3.49. The molecular weight excluding hydrogens is 380 g/mol. The van der Waals surface area contributed by atoms with Crippen LogP contribution in [0.2, 0.25) is 0 Å². The minimum Gasteiger partial charge on any atom is -0.491 e. The highest BCUT2D eigenvalue weighted by atomic mass is 16.5. The van der Waals surface area contributed by atoms with Crippen molar-refractivity contribution < 1.29 is 19.7 Å². The van der Waals surface area contributed by atoms with E-state index in [9.17, 15) is 0 Å². The summed E-state index contributed by atoms with van der Waals surface area (Å²) < 4.78 is 13.1. The SMILES string of the molecule is OCCOc1ccc(Cn2c(-c3ccc(OCCO)cc3)nc3ccccc32)cc1. The molecule has 6 nitrogen and oxygen atoms in total. The molecule has 0 aliphatic heterocycles. The quantitative estimate of drug-likeness (QED) is 0.447. The van der Waals surface area contributed by atoms with Gasteiger partial charge in [0.25, 0.3) is 0 Å². The molecule has 0 radical (unpaired) electrons. The molecule has 0 saturated heterocycles. The lowest BCUT2D eigenvalue weighted by Gasteiger charge is -2.11. The highest BCUT2D eigenvalue weighted by molar-refractivity contribution is 5.80. The van der Waals surface area contributed by atoms with Crippen LogP contribution >= 0.6 is 0 Å². The van der Waals surface area contributed by atoms with Gasteiger partial charge >= 0.3 is 0 Å². The third-order valence-electron chi connectivity index (χ3n) is 4.75. The third-order valence-corrected chi connectivity index (χ3v) is 4.75. The van der Waals surface area contributed by atoms with Crippen molar-refractivity contribution in [3.8, 4) is 22.9 Å². The van der Waals surface area contributed by atoms with Crippen LogP contribution in [0.1, 0.15) is 5.56 Å². The summed E-state index contributed by atoms with van der Waals surface area (Å²) in [6, 6.07) is 23.7. The van der Waals surface area contributed by atoms with E-state index in [1.54, 1.807) is 0 Å². The summed E-state index contributed by atoms with van der Waals surface area (Å²) >= 11 is 0. The molecule has 4 aromatic rings. The van der Waals surface area contributed by atoms with Crippen molar-refractivity contribution in [2.45, 2.75) is 6.54 Å². The lowest BCUT2D eigenvalue weighted by atomic mass is 10.1. The number of aromatic nitrogens is 2. The summed E-state index contributed by atoms with van der Waals surface area (Å²) in [4.78, 5) is 4.86. The highest BCUT2D eigenvalue weighted by Gasteiger charge is 2.13. The lowest BCUT2D eigenvalue weighted by Crippen LogP contribution is -2.04. The van der Waals surface area contributed by atoms with Crippen molar-refractivity contribution in [1.29, 1.82) is 0 Å². The summed E-state index contributed by atoms with van der Waals surface area (Å²) in [5.41, 5.74) is 4.12. The maximum Gasteiger partial charge on any atom is 0.141 e. The number of para-hydroxylation sites is 2. The minimum atomic E-state index is -0.0125. The van der Waals surface area contributed by atoms with Crippen LogP contribution in [-0.2, 0) is 6.54 Å². The number of hydrogen-bond donors (Lipinski definition) is 2. The van der Waals surface area contributed by atoms with Gasteiger partial charge in [-0.1, -0.05) is 24.3 Å². The van der Waals surface area contributed by atoms with Gasteiger partial charge in [-0.05, 0) is 54.1 Å². The van der Waals surface area contributed by atoms with Gasteiger partial charge in [-0.3, -0.25) is 0 Å². The maximum absolute atomic E-state index is 8.92. The molecule has 1 aromatic heterocycles. The van der Waals surface area contributed by atoms with E-state index < -0.39 is 0 Å². The summed E-state index contributed by atoms with van der Waals surface area (Å²) in [6.45, 7) is 1.21. The molecule has 0 saturated carbocycles. The van der Waals surface area contributed by atoms with Crippen LogP contribution in [0, 0.1) is 0 Å². The fourth-order valence-corrected chi connectivity index (χ4v) is 3.36. The van der Waals surface area contributed by atoms with Crippen molar-refractivity contribution in [1.82, 2.24) is 9.55 Å². The Labute approximate surface area is 175 Å².